The summed E-state index contributed by atoms with van der Waals surface area (Å²) in [6, 6.07) is 7.32. The lowest BCUT2D eigenvalue weighted by molar-refractivity contribution is -0.122. The van der Waals surface area contributed by atoms with Crippen LogP contribution < -0.4 is 21.3 Å². The Morgan fingerprint density at radius 2 is 1.86 bits per heavy atom. The predicted molar refractivity (Wildman–Crippen MR) is 143 cm³/mol. The van der Waals surface area contributed by atoms with Gasteiger partial charge in [-0.1, -0.05) is 12.2 Å². The number of anilines is 4. The van der Waals surface area contributed by atoms with Gasteiger partial charge in [-0.05, 0) is 94.8 Å². The SMILES string of the molecule is Cc1cc(Nc2ncc(F)c(N[C@H]3[C@@H](C(N)=O)[C@@H]4C=C[C@H]3C4)n2)ccc1N(C1CC1)C1CCN(C)CC1. The molecule has 196 valence electrons. The molecule has 1 aromatic carbocycles. The maximum Gasteiger partial charge on any atom is 0.229 e. The molecule has 8 nitrogen and oxygen atoms in total. The minimum Gasteiger partial charge on any atom is -0.369 e. The molecule has 0 spiro atoms. The molecule has 37 heavy (non-hydrogen) atoms. The van der Waals surface area contributed by atoms with E-state index in [9.17, 15) is 9.18 Å². The molecule has 3 fully saturated rings. The lowest BCUT2D eigenvalue weighted by Crippen LogP contribution is -2.45. The Kier molecular flexibility index (Phi) is 6.26. The van der Waals surface area contributed by atoms with E-state index in [0.29, 0.717) is 18.0 Å². The molecule has 9 heteroatoms. The third-order valence-electron chi connectivity index (χ3n) is 8.59. The van der Waals surface area contributed by atoms with Gasteiger partial charge in [0.15, 0.2) is 11.6 Å². The van der Waals surface area contributed by atoms with Gasteiger partial charge in [-0.25, -0.2) is 9.37 Å². The largest absolute Gasteiger partial charge is 0.369 e. The normalized spacial score (nSPS) is 27.4. The first-order valence-electron chi connectivity index (χ1n) is 13.5. The Morgan fingerprint density at radius 3 is 2.57 bits per heavy atom. The lowest BCUT2D eigenvalue weighted by Gasteiger charge is -2.40. The van der Waals surface area contributed by atoms with Gasteiger partial charge in [0.1, 0.15) is 0 Å². The molecule has 4 N–H and O–H groups in total. The van der Waals surface area contributed by atoms with Gasteiger partial charge in [-0.2, -0.15) is 4.98 Å². The summed E-state index contributed by atoms with van der Waals surface area (Å²) < 4.78 is 14.7. The van der Waals surface area contributed by atoms with Gasteiger partial charge in [0.25, 0.3) is 0 Å². The molecule has 1 aliphatic heterocycles. The second-order valence-electron chi connectivity index (χ2n) is 11.2. The van der Waals surface area contributed by atoms with Crippen molar-refractivity contribution in [2.75, 3.05) is 35.7 Å². The molecule has 2 bridgehead atoms. The van der Waals surface area contributed by atoms with Crippen molar-refractivity contribution in [1.29, 1.82) is 0 Å². The molecule has 4 atom stereocenters. The molecule has 0 unspecified atom stereocenters. The second-order valence-corrected chi connectivity index (χ2v) is 11.2. The molecular weight excluding hydrogens is 469 g/mol. The fourth-order valence-electron chi connectivity index (χ4n) is 6.56. The topological polar surface area (TPSA) is 99.4 Å². The van der Waals surface area contributed by atoms with E-state index in [1.54, 1.807) is 0 Å². The van der Waals surface area contributed by atoms with Crippen molar-refractivity contribution >= 4 is 29.0 Å². The number of rotatable bonds is 8. The van der Waals surface area contributed by atoms with Crippen molar-refractivity contribution in [1.82, 2.24) is 14.9 Å². The quantitative estimate of drug-likeness (QED) is 0.469. The van der Waals surface area contributed by atoms with Crippen LogP contribution in [-0.2, 0) is 4.79 Å². The average molecular weight is 506 g/mol. The number of benzene rings is 1. The molecule has 1 aromatic heterocycles. The van der Waals surface area contributed by atoms with Crippen molar-refractivity contribution in [3.63, 3.8) is 0 Å². The summed E-state index contributed by atoms with van der Waals surface area (Å²) in [5, 5.41) is 6.41. The van der Waals surface area contributed by atoms with Crippen molar-refractivity contribution in [2.45, 2.75) is 57.2 Å². The highest BCUT2D eigenvalue weighted by atomic mass is 19.1. The molecule has 2 heterocycles. The maximum absolute atomic E-state index is 14.7. The van der Waals surface area contributed by atoms with Crippen LogP contribution >= 0.6 is 0 Å². The van der Waals surface area contributed by atoms with Gasteiger partial charge in [-0.15, -0.1) is 0 Å². The number of carbonyl (C=O) groups is 1. The maximum atomic E-state index is 14.7. The molecule has 2 saturated carbocycles. The molecule has 4 aliphatic rings. The van der Waals surface area contributed by atoms with Gasteiger partial charge >= 0.3 is 0 Å². The number of likely N-dealkylation sites (tertiary alicyclic amines) is 1. The molecule has 6 rings (SSSR count). The molecule has 0 radical (unpaired) electrons. The highest BCUT2D eigenvalue weighted by Gasteiger charge is 2.47. The zero-order valence-corrected chi connectivity index (χ0v) is 21.5. The summed E-state index contributed by atoms with van der Waals surface area (Å²) in [5.41, 5.74) is 9.02. The van der Waals surface area contributed by atoms with Crippen LogP contribution in [0.2, 0.25) is 0 Å². The first-order valence-corrected chi connectivity index (χ1v) is 13.5. The smallest absolute Gasteiger partial charge is 0.229 e. The first-order chi connectivity index (χ1) is 17.9. The Hall–Kier alpha value is -3.20. The first kappa shape index (κ1) is 24.2. The van der Waals surface area contributed by atoms with E-state index < -0.39 is 5.82 Å². The van der Waals surface area contributed by atoms with E-state index in [4.69, 9.17) is 5.73 Å². The van der Waals surface area contributed by atoms with E-state index in [1.807, 2.05) is 6.08 Å². The zero-order chi connectivity index (χ0) is 25.7. The Bertz CT molecular complexity index is 1210. The van der Waals surface area contributed by atoms with Crippen LogP contribution in [0.25, 0.3) is 0 Å². The number of nitrogens with two attached hydrogens (primary N) is 1. The van der Waals surface area contributed by atoms with E-state index in [2.05, 4.69) is 68.6 Å². The van der Waals surface area contributed by atoms with Crippen LogP contribution in [0.4, 0.5) is 27.5 Å². The molecule has 1 amide bonds. The van der Waals surface area contributed by atoms with Crippen molar-refractivity contribution in [2.24, 2.45) is 23.5 Å². The third kappa shape index (κ3) is 4.77. The molecule has 2 aromatic rings. The number of nitrogens with zero attached hydrogens (tertiary/aromatic N) is 4. The second kappa shape index (κ2) is 9.59. The van der Waals surface area contributed by atoms with Crippen LogP contribution in [0.5, 0.6) is 0 Å². The number of amides is 1. The van der Waals surface area contributed by atoms with E-state index >= 15 is 0 Å². The summed E-state index contributed by atoms with van der Waals surface area (Å²) in [6.07, 6.45) is 11.1. The summed E-state index contributed by atoms with van der Waals surface area (Å²) in [6.45, 7) is 4.43. The van der Waals surface area contributed by atoms with Crippen LogP contribution in [-0.4, -0.2) is 59.0 Å². The third-order valence-corrected chi connectivity index (χ3v) is 8.59. The minimum atomic E-state index is -0.551. The molecule has 3 aliphatic carbocycles. The van der Waals surface area contributed by atoms with Gasteiger partial charge in [-0.3, -0.25) is 4.79 Å². The predicted octanol–water partition coefficient (Wildman–Crippen LogP) is 3.82. The van der Waals surface area contributed by atoms with Crippen LogP contribution in [0.1, 0.15) is 37.7 Å². The summed E-state index contributed by atoms with van der Waals surface area (Å²) in [7, 11) is 2.20. The highest BCUT2D eigenvalue weighted by molar-refractivity contribution is 5.79. The Balaban J connectivity index is 1.18. The number of primary amides is 1. The van der Waals surface area contributed by atoms with Crippen LogP contribution in [0, 0.1) is 30.5 Å². The van der Waals surface area contributed by atoms with Crippen LogP contribution in [0.15, 0.2) is 36.5 Å². The average Bonchev–Trinajstić information content (AvgIpc) is 3.50. The monoisotopic (exact) mass is 505 g/mol. The number of carbonyl (C=O) groups excluding carboxylic acids is 1. The van der Waals surface area contributed by atoms with Gasteiger partial charge in [0, 0.05) is 29.5 Å². The number of halogens is 1. The lowest BCUT2D eigenvalue weighted by atomic mass is 9.88. The van der Waals surface area contributed by atoms with Crippen molar-refractivity contribution in [3.05, 3.63) is 47.9 Å². The number of aryl methyl sites for hydroxylation is 1. The van der Waals surface area contributed by atoms with Gasteiger partial charge in [0.2, 0.25) is 11.9 Å². The van der Waals surface area contributed by atoms with E-state index in [-0.39, 0.29) is 35.5 Å². The molecule has 1 saturated heterocycles. The number of hydrogen-bond acceptors (Lipinski definition) is 7. The number of nitrogens with one attached hydrogen (secondary N) is 2. The zero-order valence-electron chi connectivity index (χ0n) is 21.5. The number of hydrogen-bond donors (Lipinski definition) is 3. The van der Waals surface area contributed by atoms with Gasteiger partial charge < -0.3 is 26.2 Å². The number of aromatic nitrogens is 2. The Labute approximate surface area is 217 Å². The number of allylic oxidation sites excluding steroid dienone is 1. The standard InChI is InChI=1S/C28H36FN7O/c1-16-13-19(5-8-23(16)36(20-6-7-20)21-9-11-35(2)12-10-21)32-28-31-15-22(29)27(34-28)33-25-18-4-3-17(14-18)24(25)26(30)37/h3-5,8,13,15,17-18,20-21,24-25H,6-7,9-12,14H2,1-2H3,(H2,30,37)(H2,31,32,33,34)/t17-,18+,24+,25-/m1/s1. The Morgan fingerprint density at radius 1 is 1.14 bits per heavy atom. The number of fused-ring (bicyclic) bond motifs is 2. The van der Waals surface area contributed by atoms with E-state index in [0.717, 1.165) is 31.4 Å². The fourth-order valence-corrected chi connectivity index (χ4v) is 6.56. The minimum absolute atomic E-state index is 0.0882. The summed E-state index contributed by atoms with van der Waals surface area (Å²) in [5.74, 6) is -0.639. The van der Waals surface area contributed by atoms with Crippen molar-refractivity contribution in [3.8, 4) is 0 Å². The van der Waals surface area contributed by atoms with Crippen LogP contribution in [0.3, 0.4) is 0 Å². The summed E-state index contributed by atoms with van der Waals surface area (Å²) in [4.78, 5) is 25.7. The summed E-state index contributed by atoms with van der Waals surface area (Å²) >= 11 is 0. The van der Waals surface area contributed by atoms with E-state index in [1.165, 1.54) is 36.9 Å². The van der Waals surface area contributed by atoms with Crippen molar-refractivity contribution < 1.29 is 9.18 Å². The highest BCUT2D eigenvalue weighted by Crippen LogP contribution is 2.45. The molecular formula is C28H36FN7O. The number of piperidine rings is 1. The fraction of sp³-hybridized carbons (Fsp3) is 0.536. The van der Waals surface area contributed by atoms with Gasteiger partial charge in [0.05, 0.1) is 12.1 Å².